The van der Waals surface area contributed by atoms with Crippen LogP contribution < -0.4 is 0 Å². The number of rotatable bonds is 4. The summed E-state index contributed by atoms with van der Waals surface area (Å²) in [6.45, 7) is 8.26. The fourth-order valence-corrected chi connectivity index (χ4v) is 3.25. The minimum absolute atomic E-state index is 0.0328. The third kappa shape index (κ3) is 4.18. The highest BCUT2D eigenvalue weighted by Gasteiger charge is 2.29. The Morgan fingerprint density at radius 2 is 1.92 bits per heavy atom. The van der Waals surface area contributed by atoms with E-state index in [9.17, 15) is 9.59 Å². The summed E-state index contributed by atoms with van der Waals surface area (Å²) in [7, 11) is 0. The second-order valence-corrected chi connectivity index (χ2v) is 8.03. The Morgan fingerprint density at radius 3 is 2.58 bits per heavy atom. The molecular weight excluding hydrogens is 328 g/mol. The molecule has 138 valence electrons. The zero-order valence-electron chi connectivity index (χ0n) is 15.7. The van der Waals surface area contributed by atoms with Gasteiger partial charge in [-0.3, -0.25) is 14.3 Å². The van der Waals surface area contributed by atoms with Crippen LogP contribution in [0.4, 0.5) is 0 Å². The van der Waals surface area contributed by atoms with Gasteiger partial charge in [0.25, 0.3) is 5.91 Å². The summed E-state index contributed by atoms with van der Waals surface area (Å²) in [6.07, 6.45) is 3.91. The van der Waals surface area contributed by atoms with Crippen LogP contribution in [0, 0.1) is 5.92 Å². The lowest BCUT2D eigenvalue weighted by Crippen LogP contribution is -2.44. The molecule has 2 heterocycles. The summed E-state index contributed by atoms with van der Waals surface area (Å²) in [5, 5.41) is 8.48. The van der Waals surface area contributed by atoms with Crippen molar-refractivity contribution >= 4 is 11.7 Å². The van der Waals surface area contributed by atoms with Crippen LogP contribution in [0.15, 0.2) is 36.5 Å². The average molecular weight is 354 g/mol. The van der Waals surface area contributed by atoms with Gasteiger partial charge < -0.3 is 4.90 Å². The summed E-state index contributed by atoms with van der Waals surface area (Å²) in [4.78, 5) is 26.7. The third-order valence-corrected chi connectivity index (χ3v) is 4.79. The first-order chi connectivity index (χ1) is 12.3. The number of benzene rings is 1. The average Bonchev–Trinajstić information content (AvgIpc) is 3.10. The Hall–Kier alpha value is -2.50. The van der Waals surface area contributed by atoms with Crippen molar-refractivity contribution in [2.45, 2.75) is 45.6 Å². The van der Waals surface area contributed by atoms with E-state index in [0.717, 1.165) is 18.5 Å². The van der Waals surface area contributed by atoms with Crippen molar-refractivity contribution in [1.29, 1.82) is 0 Å². The standard InChI is InChI=1S/C20H26N4O2/c1-20(2,3)17-14-24(22-21-17)13-15-8-7-11-23(12-15)19(26)18(25)16-9-5-4-6-10-16/h4-6,9-10,14-15H,7-8,11-13H2,1-3H3/t15-/m0/s1. The molecule has 6 heteroatoms. The number of ketones is 1. The van der Waals surface area contributed by atoms with Gasteiger partial charge >= 0.3 is 0 Å². The molecule has 1 atom stereocenters. The smallest absolute Gasteiger partial charge is 0.294 e. The fraction of sp³-hybridized carbons (Fsp3) is 0.500. The molecule has 0 N–H and O–H groups in total. The number of carbonyl (C=O) groups is 2. The van der Waals surface area contributed by atoms with Gasteiger partial charge in [-0.1, -0.05) is 56.3 Å². The monoisotopic (exact) mass is 354 g/mol. The van der Waals surface area contributed by atoms with Crippen molar-refractivity contribution in [3.63, 3.8) is 0 Å². The van der Waals surface area contributed by atoms with Crippen LogP contribution in [0.3, 0.4) is 0 Å². The van der Waals surface area contributed by atoms with Crippen molar-refractivity contribution < 1.29 is 9.59 Å². The number of nitrogens with zero attached hydrogens (tertiary/aromatic N) is 4. The third-order valence-electron chi connectivity index (χ3n) is 4.79. The molecule has 0 spiro atoms. The minimum atomic E-state index is -0.429. The summed E-state index contributed by atoms with van der Waals surface area (Å²) in [6, 6.07) is 8.76. The fourth-order valence-electron chi connectivity index (χ4n) is 3.25. The van der Waals surface area contributed by atoms with Crippen LogP contribution in [-0.4, -0.2) is 44.7 Å². The van der Waals surface area contributed by atoms with Crippen LogP contribution in [-0.2, 0) is 16.8 Å². The van der Waals surface area contributed by atoms with Gasteiger partial charge in [0.2, 0.25) is 5.78 Å². The topological polar surface area (TPSA) is 68.1 Å². The van der Waals surface area contributed by atoms with E-state index >= 15 is 0 Å². The van der Waals surface area contributed by atoms with Crippen molar-refractivity contribution in [3.05, 3.63) is 47.8 Å². The summed E-state index contributed by atoms with van der Waals surface area (Å²) in [5.74, 6) is -0.553. The summed E-state index contributed by atoms with van der Waals surface area (Å²) in [5.41, 5.74) is 1.38. The molecule has 6 nitrogen and oxygen atoms in total. The molecule has 1 amide bonds. The van der Waals surface area contributed by atoms with E-state index in [1.54, 1.807) is 29.2 Å². The largest absolute Gasteiger partial charge is 0.335 e. The number of piperidine rings is 1. The first-order valence-corrected chi connectivity index (χ1v) is 9.14. The van der Waals surface area contributed by atoms with Crippen LogP contribution in [0.25, 0.3) is 0 Å². The Morgan fingerprint density at radius 1 is 1.19 bits per heavy atom. The van der Waals surface area contributed by atoms with Gasteiger partial charge in [0.05, 0.1) is 5.69 Å². The van der Waals surface area contributed by atoms with E-state index in [-0.39, 0.29) is 11.3 Å². The molecular formula is C20H26N4O2. The number of aromatic nitrogens is 3. The van der Waals surface area contributed by atoms with Crippen LogP contribution >= 0.6 is 0 Å². The highest BCUT2D eigenvalue weighted by Crippen LogP contribution is 2.22. The lowest BCUT2D eigenvalue weighted by atomic mass is 9.93. The van der Waals surface area contributed by atoms with Crippen molar-refractivity contribution in [3.8, 4) is 0 Å². The van der Waals surface area contributed by atoms with Crippen molar-refractivity contribution in [2.75, 3.05) is 13.1 Å². The lowest BCUT2D eigenvalue weighted by molar-refractivity contribution is -0.128. The molecule has 1 aromatic heterocycles. The predicted octanol–water partition coefficient (Wildman–Crippen LogP) is 2.70. The number of hydrogen-bond acceptors (Lipinski definition) is 4. The van der Waals surface area contributed by atoms with Crippen LogP contribution in [0.2, 0.25) is 0 Å². The zero-order valence-corrected chi connectivity index (χ0v) is 15.7. The molecule has 1 aromatic carbocycles. The van der Waals surface area contributed by atoms with Gasteiger partial charge in [0, 0.05) is 36.8 Å². The molecule has 0 radical (unpaired) electrons. The normalized spacial score (nSPS) is 18.0. The Kier molecular flexibility index (Phi) is 5.20. The molecule has 0 aliphatic carbocycles. The molecule has 0 unspecified atom stereocenters. The van der Waals surface area contributed by atoms with E-state index in [0.29, 0.717) is 25.2 Å². The molecule has 3 rings (SSSR count). The second kappa shape index (κ2) is 7.40. The van der Waals surface area contributed by atoms with E-state index in [4.69, 9.17) is 0 Å². The number of Topliss-reactive ketones (excluding diaryl/α,β-unsaturated/α-hetero) is 1. The van der Waals surface area contributed by atoms with E-state index in [2.05, 4.69) is 31.1 Å². The second-order valence-electron chi connectivity index (χ2n) is 8.03. The molecule has 2 aromatic rings. The number of hydrogen-bond donors (Lipinski definition) is 0. The highest BCUT2D eigenvalue weighted by molar-refractivity contribution is 6.42. The number of amides is 1. The first kappa shape index (κ1) is 18.3. The SMILES string of the molecule is CC(C)(C)c1cn(C[C@H]2CCCN(C(=O)C(=O)c3ccccc3)C2)nn1. The van der Waals surface area contributed by atoms with Gasteiger partial charge in [-0.2, -0.15) is 0 Å². The van der Waals surface area contributed by atoms with Gasteiger partial charge in [0.15, 0.2) is 0 Å². The molecule has 0 saturated carbocycles. The summed E-state index contributed by atoms with van der Waals surface area (Å²) >= 11 is 0. The van der Waals surface area contributed by atoms with Gasteiger partial charge in [-0.15, -0.1) is 5.10 Å². The van der Waals surface area contributed by atoms with Crippen LogP contribution in [0.5, 0.6) is 0 Å². The van der Waals surface area contributed by atoms with E-state index in [1.165, 1.54) is 0 Å². The van der Waals surface area contributed by atoms with Gasteiger partial charge in [-0.05, 0) is 18.8 Å². The first-order valence-electron chi connectivity index (χ1n) is 9.14. The molecule has 0 bridgehead atoms. The Balaban J connectivity index is 1.63. The maximum atomic E-state index is 12.6. The van der Waals surface area contributed by atoms with Crippen molar-refractivity contribution in [1.82, 2.24) is 19.9 Å². The maximum absolute atomic E-state index is 12.6. The van der Waals surface area contributed by atoms with Crippen molar-refractivity contribution in [2.24, 2.45) is 5.92 Å². The van der Waals surface area contributed by atoms with E-state index in [1.807, 2.05) is 16.9 Å². The minimum Gasteiger partial charge on any atom is -0.335 e. The molecule has 1 aliphatic rings. The Bertz CT molecular complexity index is 777. The Labute approximate surface area is 154 Å². The maximum Gasteiger partial charge on any atom is 0.294 e. The molecule has 26 heavy (non-hydrogen) atoms. The van der Waals surface area contributed by atoms with Gasteiger partial charge in [-0.25, -0.2) is 0 Å². The summed E-state index contributed by atoms with van der Waals surface area (Å²) < 4.78 is 1.86. The van der Waals surface area contributed by atoms with Crippen LogP contribution in [0.1, 0.15) is 49.7 Å². The number of carbonyl (C=O) groups excluding carboxylic acids is 2. The molecule has 1 fully saturated rings. The lowest BCUT2D eigenvalue weighted by Gasteiger charge is -2.32. The number of likely N-dealkylation sites (tertiary alicyclic amines) is 1. The van der Waals surface area contributed by atoms with Gasteiger partial charge in [0.1, 0.15) is 0 Å². The zero-order chi connectivity index (χ0) is 18.7. The predicted molar refractivity (Wildman–Crippen MR) is 98.8 cm³/mol. The molecule has 1 aliphatic heterocycles. The van der Waals surface area contributed by atoms with E-state index < -0.39 is 11.7 Å². The molecule has 1 saturated heterocycles. The quantitative estimate of drug-likeness (QED) is 0.625. The highest BCUT2D eigenvalue weighted by atomic mass is 16.2.